The zero-order valence-electron chi connectivity index (χ0n) is 25.2. The van der Waals surface area contributed by atoms with E-state index >= 15 is 0 Å². The zero-order chi connectivity index (χ0) is 30.6. The molecule has 0 bridgehead atoms. The topological polar surface area (TPSA) is 111 Å². The van der Waals surface area contributed by atoms with Crippen LogP contribution in [0, 0.1) is 18.4 Å². The number of carbonyl (C=O) groups is 2. The van der Waals surface area contributed by atoms with E-state index in [0.717, 1.165) is 12.8 Å². The predicted molar refractivity (Wildman–Crippen MR) is 146 cm³/mol. The number of nitrogens with one attached hydrogen (secondary N) is 2. The first-order valence-electron chi connectivity index (χ1n) is 14.4. The summed E-state index contributed by atoms with van der Waals surface area (Å²) >= 11 is 1.18. The number of nitriles is 1. The van der Waals surface area contributed by atoms with Gasteiger partial charge in [-0.1, -0.05) is 18.1 Å². The van der Waals surface area contributed by atoms with Crippen molar-refractivity contribution >= 4 is 50.6 Å². The number of rotatable bonds is 5. The Balaban J connectivity index is 1.32. The standard InChI is InChI=1S/C28H24N6O3S/c1-17-14-20(37-19-7-3-2-4-8-19)9-10-21(17)34-22-11-12-30-27-23(22)24(32-28(34)36)25(38-27)26(35)31-18-6-5-13-33(15-18)16-29/h2-4,7-12,14,18H,5-6,13,15H2,1H3,(H,31,35)(H,32,36)/i2D,3D,4D,7D,8D. The molecular weight excluding hydrogens is 500 g/mol. The Hall–Kier alpha value is -4.62. The van der Waals surface area contributed by atoms with Crippen LogP contribution in [0.2, 0.25) is 0 Å². The van der Waals surface area contributed by atoms with Gasteiger partial charge in [0.25, 0.3) is 5.91 Å². The molecule has 10 heteroatoms. The van der Waals surface area contributed by atoms with Gasteiger partial charge < -0.3 is 20.3 Å². The molecule has 9 nitrogen and oxygen atoms in total. The third-order valence-electron chi connectivity index (χ3n) is 6.46. The number of para-hydroxylation sites is 1. The van der Waals surface area contributed by atoms with Crippen LogP contribution in [-0.2, 0) is 0 Å². The van der Waals surface area contributed by atoms with Crippen molar-refractivity contribution < 1.29 is 21.2 Å². The van der Waals surface area contributed by atoms with Crippen molar-refractivity contribution in [3.05, 3.63) is 71.1 Å². The molecule has 2 aliphatic rings. The van der Waals surface area contributed by atoms with Gasteiger partial charge in [0.15, 0.2) is 6.19 Å². The fraction of sp³-hybridized carbons (Fsp3) is 0.214. The molecule has 2 N–H and O–H groups in total. The molecule has 3 amide bonds. The first-order chi connectivity index (χ1) is 20.6. The van der Waals surface area contributed by atoms with Crippen molar-refractivity contribution in [2.24, 2.45) is 0 Å². The van der Waals surface area contributed by atoms with Gasteiger partial charge in [0.1, 0.15) is 21.2 Å². The van der Waals surface area contributed by atoms with E-state index in [1.54, 1.807) is 42.3 Å². The van der Waals surface area contributed by atoms with Crippen molar-refractivity contribution in [2.75, 3.05) is 23.3 Å². The highest BCUT2D eigenvalue weighted by Gasteiger charge is 2.34. The van der Waals surface area contributed by atoms with E-state index in [-0.39, 0.29) is 23.4 Å². The number of ether oxygens (including phenoxy) is 1. The normalized spacial score (nSPS) is 18.5. The minimum Gasteiger partial charge on any atom is -0.457 e. The Morgan fingerprint density at radius 3 is 2.89 bits per heavy atom. The van der Waals surface area contributed by atoms with Crippen LogP contribution in [-0.4, -0.2) is 41.0 Å². The maximum absolute atomic E-state index is 13.6. The molecule has 190 valence electrons. The van der Waals surface area contributed by atoms with E-state index in [4.69, 9.17) is 11.6 Å². The van der Waals surface area contributed by atoms with Gasteiger partial charge in [-0.2, -0.15) is 5.26 Å². The van der Waals surface area contributed by atoms with E-state index < -0.39 is 36.2 Å². The van der Waals surface area contributed by atoms with Gasteiger partial charge >= 0.3 is 6.03 Å². The van der Waals surface area contributed by atoms with Crippen LogP contribution >= 0.6 is 11.3 Å². The first-order valence-corrected chi connectivity index (χ1v) is 12.7. The average molecular weight is 530 g/mol. The fourth-order valence-corrected chi connectivity index (χ4v) is 5.79. The van der Waals surface area contributed by atoms with Crippen LogP contribution in [0.15, 0.2) is 60.7 Å². The second kappa shape index (κ2) is 9.68. The second-order valence-corrected chi connectivity index (χ2v) is 9.94. The number of carbonyl (C=O) groups excluding carboxylic acids is 2. The van der Waals surface area contributed by atoms with E-state index in [1.807, 2.05) is 0 Å². The maximum Gasteiger partial charge on any atom is 0.331 e. The van der Waals surface area contributed by atoms with Gasteiger partial charge in [0.05, 0.1) is 29.3 Å². The molecule has 1 fully saturated rings. The van der Waals surface area contributed by atoms with E-state index in [9.17, 15) is 14.9 Å². The molecule has 2 aromatic heterocycles. The average Bonchev–Trinajstić information content (AvgIpc) is 3.37. The second-order valence-electron chi connectivity index (χ2n) is 8.95. The summed E-state index contributed by atoms with van der Waals surface area (Å²) in [4.78, 5) is 35.3. The summed E-state index contributed by atoms with van der Waals surface area (Å²) in [5.41, 5.74) is 2.05. The lowest BCUT2D eigenvalue weighted by atomic mass is 10.1. The van der Waals surface area contributed by atoms with Gasteiger partial charge in [0, 0.05) is 25.3 Å². The lowest BCUT2D eigenvalue weighted by Crippen LogP contribution is -2.46. The van der Waals surface area contributed by atoms with Crippen LogP contribution in [0.4, 0.5) is 21.9 Å². The van der Waals surface area contributed by atoms with E-state index in [0.29, 0.717) is 50.8 Å². The van der Waals surface area contributed by atoms with Gasteiger partial charge in [-0.05, 0) is 61.7 Å². The van der Waals surface area contributed by atoms with Crippen molar-refractivity contribution in [1.29, 1.82) is 5.26 Å². The SMILES string of the molecule is [2H]c1c([2H])c([2H])c(Oc2ccc(N3C(=O)Nc4c(C(=O)NC5CCCN(C#N)C5)sc5nccc3c45)c(C)c2)c([2H])c1[2H]. The fourth-order valence-electron chi connectivity index (χ4n) is 4.77. The summed E-state index contributed by atoms with van der Waals surface area (Å²) in [6.07, 6.45) is 5.25. The smallest absolute Gasteiger partial charge is 0.331 e. The maximum atomic E-state index is 13.6. The first kappa shape index (κ1) is 18.6. The summed E-state index contributed by atoms with van der Waals surface area (Å²) < 4.78 is 45.5. The summed E-state index contributed by atoms with van der Waals surface area (Å²) in [6.45, 7) is 2.85. The Kier molecular flexibility index (Phi) is 4.74. The third-order valence-corrected chi connectivity index (χ3v) is 7.55. The molecule has 6 rings (SSSR count). The van der Waals surface area contributed by atoms with Gasteiger partial charge in [-0.25, -0.2) is 9.78 Å². The molecule has 1 saturated heterocycles. The highest BCUT2D eigenvalue weighted by molar-refractivity contribution is 7.21. The van der Waals surface area contributed by atoms with Crippen LogP contribution in [0.3, 0.4) is 0 Å². The number of urea groups is 1. The molecule has 38 heavy (non-hydrogen) atoms. The van der Waals surface area contributed by atoms with Crippen LogP contribution in [0.1, 0.15) is 34.9 Å². The Morgan fingerprint density at radius 2 is 2.11 bits per heavy atom. The van der Waals surface area contributed by atoms with Gasteiger partial charge in [-0.3, -0.25) is 9.69 Å². The molecule has 2 aliphatic heterocycles. The molecule has 0 radical (unpaired) electrons. The Morgan fingerprint density at radius 1 is 1.26 bits per heavy atom. The monoisotopic (exact) mass is 529 g/mol. The minimum absolute atomic E-state index is 0.188. The number of anilines is 3. The van der Waals surface area contributed by atoms with Crippen molar-refractivity contribution in [3.63, 3.8) is 0 Å². The molecule has 1 atom stereocenters. The number of hydrogen-bond donors (Lipinski definition) is 2. The number of thiophene rings is 1. The summed E-state index contributed by atoms with van der Waals surface area (Å²) in [7, 11) is 0. The highest BCUT2D eigenvalue weighted by Crippen LogP contribution is 2.46. The molecule has 4 aromatic rings. The lowest BCUT2D eigenvalue weighted by molar-refractivity contribution is 0.0923. The minimum atomic E-state index is -0.512. The molecule has 0 spiro atoms. The number of nitrogens with zero attached hydrogens (tertiary/aromatic N) is 4. The number of likely N-dealkylation sites (tertiary alicyclic amines) is 1. The molecule has 2 aromatic carbocycles. The number of aryl methyl sites for hydroxylation is 1. The van der Waals surface area contributed by atoms with Crippen molar-refractivity contribution in [1.82, 2.24) is 15.2 Å². The number of amides is 3. The Labute approximate surface area is 230 Å². The number of pyridine rings is 1. The zero-order valence-corrected chi connectivity index (χ0v) is 21.0. The van der Waals surface area contributed by atoms with Crippen LogP contribution in [0.25, 0.3) is 10.2 Å². The van der Waals surface area contributed by atoms with Crippen molar-refractivity contribution in [3.8, 4) is 17.7 Å². The summed E-state index contributed by atoms with van der Waals surface area (Å²) in [5.74, 6) is -0.412. The number of piperidine rings is 1. The number of benzene rings is 2. The summed E-state index contributed by atoms with van der Waals surface area (Å²) in [5, 5.41) is 15.7. The Bertz CT molecular complexity index is 1850. The van der Waals surface area contributed by atoms with Gasteiger partial charge in [-0.15, -0.1) is 11.3 Å². The quantitative estimate of drug-likeness (QED) is 0.318. The van der Waals surface area contributed by atoms with Crippen LogP contribution < -0.4 is 20.3 Å². The largest absolute Gasteiger partial charge is 0.457 e. The van der Waals surface area contributed by atoms with E-state index in [2.05, 4.69) is 21.8 Å². The lowest BCUT2D eigenvalue weighted by Gasteiger charge is -2.30. The van der Waals surface area contributed by atoms with Crippen molar-refractivity contribution in [2.45, 2.75) is 25.8 Å². The van der Waals surface area contributed by atoms with Gasteiger partial charge in [0.2, 0.25) is 0 Å². The van der Waals surface area contributed by atoms with Crippen LogP contribution in [0.5, 0.6) is 11.5 Å². The predicted octanol–water partition coefficient (Wildman–Crippen LogP) is 5.76. The molecule has 0 saturated carbocycles. The summed E-state index contributed by atoms with van der Waals surface area (Å²) in [6, 6.07) is 3.39. The number of hydrogen-bond acceptors (Lipinski definition) is 7. The highest BCUT2D eigenvalue weighted by atomic mass is 32.1. The third kappa shape index (κ3) is 4.27. The molecule has 4 heterocycles. The molecular formula is C28H24N6O3S. The molecule has 0 aliphatic carbocycles. The molecule has 1 unspecified atom stereocenters. The number of aromatic nitrogens is 1. The van der Waals surface area contributed by atoms with E-state index in [1.165, 1.54) is 16.2 Å².